The molecule has 0 heterocycles. The Labute approximate surface area is 250 Å². The van der Waals surface area contributed by atoms with Crippen LogP contribution in [0.3, 0.4) is 0 Å². The highest BCUT2D eigenvalue weighted by atomic mass is 19.1. The van der Waals surface area contributed by atoms with E-state index in [4.69, 9.17) is 9.47 Å². The van der Waals surface area contributed by atoms with Gasteiger partial charge in [-0.25, -0.2) is 4.79 Å². The number of aliphatic hydroxyl groups is 2. The first-order valence-electron chi connectivity index (χ1n) is 12.8. The van der Waals surface area contributed by atoms with Crippen molar-refractivity contribution in [1.29, 1.82) is 5.26 Å². The molecule has 0 fully saturated rings. The number of carbonyl (C=O) groups excluding carboxylic acids is 3. The molecule has 0 unspecified atom stereocenters. The Morgan fingerprint density at radius 2 is 1.68 bits per heavy atom. The van der Waals surface area contributed by atoms with Crippen molar-refractivity contribution in [2.24, 2.45) is 0 Å². The van der Waals surface area contributed by atoms with Crippen LogP contribution in [-0.2, 0) is 14.3 Å². The first-order valence-corrected chi connectivity index (χ1v) is 12.8. The Morgan fingerprint density at radius 1 is 1.07 bits per heavy atom. The smallest absolute Gasteiger partial charge is 0.408 e. The van der Waals surface area contributed by atoms with E-state index >= 15 is 0 Å². The van der Waals surface area contributed by atoms with Gasteiger partial charge in [0.1, 0.15) is 23.8 Å². The van der Waals surface area contributed by atoms with Gasteiger partial charge in [0.25, 0.3) is 0 Å². The van der Waals surface area contributed by atoms with Gasteiger partial charge in [-0.3, -0.25) is 19.7 Å². The Hall–Kier alpha value is -5.21. The zero-order chi connectivity index (χ0) is 33.4. The number of methoxy groups -OCH3 is 1. The van der Waals surface area contributed by atoms with Crippen molar-refractivity contribution >= 4 is 23.6 Å². The van der Waals surface area contributed by atoms with Gasteiger partial charge in [0.05, 0.1) is 37.2 Å². The lowest BCUT2D eigenvalue weighted by Crippen LogP contribution is -2.56. The third-order valence-electron chi connectivity index (χ3n) is 5.88. The van der Waals surface area contributed by atoms with Crippen molar-refractivity contribution in [2.75, 3.05) is 13.7 Å². The predicted molar refractivity (Wildman–Crippen MR) is 148 cm³/mol. The van der Waals surface area contributed by atoms with Crippen LogP contribution in [0.1, 0.15) is 50.5 Å². The number of nitro groups is 1. The molecular weight excluding hydrogens is 589 g/mol. The highest BCUT2D eigenvalue weighted by Crippen LogP contribution is 2.38. The predicted octanol–water partition coefficient (Wildman–Crippen LogP) is 1.33. The van der Waals surface area contributed by atoms with Gasteiger partial charge in [0.15, 0.2) is 11.5 Å². The summed E-state index contributed by atoms with van der Waals surface area (Å²) in [5.74, 6) is -4.79. The maximum atomic E-state index is 13.9. The summed E-state index contributed by atoms with van der Waals surface area (Å²) in [6.07, 6.45) is -3.89. The zero-order valence-electron chi connectivity index (χ0n) is 24.0. The minimum atomic E-state index is -2.04. The van der Waals surface area contributed by atoms with Crippen molar-refractivity contribution in [1.82, 2.24) is 16.0 Å². The van der Waals surface area contributed by atoms with Crippen LogP contribution in [0.2, 0.25) is 0 Å². The Morgan fingerprint density at radius 3 is 2.18 bits per heavy atom. The second kappa shape index (κ2) is 14.8. The van der Waals surface area contributed by atoms with Gasteiger partial charge in [0.2, 0.25) is 23.4 Å². The number of benzene rings is 2. The number of phenols is 2. The minimum absolute atomic E-state index is 0.0245. The molecule has 4 atom stereocenters. The molecule has 0 aromatic heterocycles. The fourth-order valence-electron chi connectivity index (χ4n) is 3.87. The van der Waals surface area contributed by atoms with Crippen molar-refractivity contribution in [2.45, 2.75) is 57.0 Å². The highest BCUT2D eigenvalue weighted by molar-refractivity contribution is 5.92. The lowest BCUT2D eigenvalue weighted by atomic mass is 10.00. The van der Waals surface area contributed by atoms with Crippen LogP contribution in [0, 0.1) is 27.3 Å². The van der Waals surface area contributed by atoms with Crippen LogP contribution in [0.4, 0.5) is 14.9 Å². The lowest BCUT2D eigenvalue weighted by Gasteiger charge is -2.28. The first-order chi connectivity index (χ1) is 20.5. The van der Waals surface area contributed by atoms with E-state index in [9.17, 15) is 54.6 Å². The second-order valence-electron chi connectivity index (χ2n) is 10.3. The van der Waals surface area contributed by atoms with E-state index in [1.165, 1.54) is 27.9 Å². The number of nitrogens with zero attached hydrogens (tertiary/aromatic N) is 2. The molecule has 0 radical (unpaired) electrons. The highest BCUT2D eigenvalue weighted by Gasteiger charge is 2.35. The average Bonchev–Trinajstić information content (AvgIpc) is 2.92. The standard InChI is InChI=1S/C27H32FN5O11/c1-27(2,3)44-26(40)32-21(22(37)13-5-6-15(28)18(9-13)33(41)42)25(39)30-16(7-8-29)24(38)31-17(12-34)14-10-19(35)23(43-4)20(36)11-14/h5-6,9-11,16-17,21-22,34-37H,7,12H2,1-4H3,(H,30,39)(H,31,38)(H,32,40)/t16-,17-,21+,22+/m0/s1. The largest absolute Gasteiger partial charge is 0.504 e. The van der Waals surface area contributed by atoms with Crippen molar-refractivity contribution < 1.29 is 53.6 Å². The first kappa shape index (κ1) is 35.0. The summed E-state index contributed by atoms with van der Waals surface area (Å²) in [7, 11) is 1.19. The normalized spacial score (nSPS) is 13.8. The SMILES string of the molecule is COc1c(O)cc([C@H](CO)NC(=O)[C@H](CC#N)NC(=O)[C@H](NC(=O)OC(C)(C)C)[C@H](O)c2ccc(F)c([N+](=O)[O-])c2)cc1O. The van der Waals surface area contributed by atoms with E-state index in [0.29, 0.717) is 12.1 Å². The Bertz CT molecular complexity index is 1420. The Kier molecular flexibility index (Phi) is 11.8. The number of nitro benzene ring substituents is 1. The summed E-state index contributed by atoms with van der Waals surface area (Å²) in [5, 5.41) is 68.1. The van der Waals surface area contributed by atoms with E-state index in [-0.39, 0.29) is 16.9 Å². The van der Waals surface area contributed by atoms with Crippen LogP contribution in [0.25, 0.3) is 0 Å². The third kappa shape index (κ3) is 9.14. The number of amides is 3. The Balaban J connectivity index is 2.39. The minimum Gasteiger partial charge on any atom is -0.504 e. The zero-order valence-corrected chi connectivity index (χ0v) is 24.0. The monoisotopic (exact) mass is 621 g/mol. The number of carbonyl (C=O) groups is 3. The van der Waals surface area contributed by atoms with Crippen LogP contribution >= 0.6 is 0 Å². The molecule has 2 aromatic carbocycles. The molecule has 44 heavy (non-hydrogen) atoms. The van der Waals surface area contributed by atoms with Crippen LogP contribution in [0.15, 0.2) is 30.3 Å². The number of alkyl carbamates (subject to hydrolysis) is 1. The molecule has 7 N–H and O–H groups in total. The van der Waals surface area contributed by atoms with E-state index < -0.39 is 88.7 Å². The summed E-state index contributed by atoms with van der Waals surface area (Å²) in [5.41, 5.74) is -2.41. The summed E-state index contributed by atoms with van der Waals surface area (Å²) in [4.78, 5) is 49.1. The van der Waals surface area contributed by atoms with Gasteiger partial charge >= 0.3 is 11.8 Å². The van der Waals surface area contributed by atoms with Crippen LogP contribution in [0.5, 0.6) is 17.2 Å². The molecule has 2 aromatic rings. The number of nitriles is 1. The molecule has 0 aliphatic rings. The van der Waals surface area contributed by atoms with Crippen LogP contribution in [-0.4, -0.2) is 74.7 Å². The molecule has 238 valence electrons. The number of nitrogens with one attached hydrogen (secondary N) is 3. The van der Waals surface area contributed by atoms with E-state index in [2.05, 4.69) is 16.0 Å². The molecule has 3 amide bonds. The molecule has 0 bridgehead atoms. The molecule has 0 saturated heterocycles. The van der Waals surface area contributed by atoms with E-state index in [0.717, 1.165) is 18.2 Å². The van der Waals surface area contributed by atoms with Gasteiger partial charge < -0.3 is 45.9 Å². The van der Waals surface area contributed by atoms with Gasteiger partial charge in [-0.15, -0.1) is 0 Å². The maximum absolute atomic E-state index is 13.9. The van der Waals surface area contributed by atoms with Gasteiger partial charge in [-0.05, 0) is 50.1 Å². The van der Waals surface area contributed by atoms with Gasteiger partial charge in [0, 0.05) is 6.07 Å². The fraction of sp³-hybridized carbons (Fsp3) is 0.407. The molecule has 17 heteroatoms. The van der Waals surface area contributed by atoms with Gasteiger partial charge in [-0.2, -0.15) is 9.65 Å². The number of hydrogen-bond acceptors (Lipinski definition) is 12. The summed E-state index contributed by atoms with van der Waals surface area (Å²) in [6, 6.07) is 1.26. The number of aromatic hydroxyl groups is 2. The molecular formula is C27H32FN5O11. The number of halogens is 1. The quantitative estimate of drug-likeness (QED) is 0.131. The van der Waals surface area contributed by atoms with Crippen molar-refractivity contribution in [3.8, 4) is 23.3 Å². The summed E-state index contributed by atoms with van der Waals surface area (Å²) in [6.45, 7) is 3.77. The second-order valence-corrected chi connectivity index (χ2v) is 10.3. The average molecular weight is 622 g/mol. The number of phenolic OH excluding ortho intramolecular Hbond substituents is 2. The third-order valence-corrected chi connectivity index (χ3v) is 5.88. The lowest BCUT2D eigenvalue weighted by molar-refractivity contribution is -0.387. The van der Waals surface area contributed by atoms with Crippen molar-refractivity contribution in [3.05, 3.63) is 57.4 Å². The number of hydrogen-bond donors (Lipinski definition) is 7. The molecule has 2 rings (SSSR count). The fourth-order valence-corrected chi connectivity index (χ4v) is 3.87. The molecule has 0 saturated carbocycles. The van der Waals surface area contributed by atoms with Crippen molar-refractivity contribution in [3.63, 3.8) is 0 Å². The molecule has 16 nitrogen and oxygen atoms in total. The molecule has 0 spiro atoms. The summed E-state index contributed by atoms with van der Waals surface area (Å²) >= 11 is 0. The van der Waals surface area contributed by atoms with E-state index in [1.807, 2.05) is 0 Å². The maximum Gasteiger partial charge on any atom is 0.408 e. The number of aliphatic hydroxyl groups excluding tert-OH is 2. The van der Waals surface area contributed by atoms with E-state index in [1.54, 1.807) is 6.07 Å². The molecule has 0 aliphatic heterocycles. The summed E-state index contributed by atoms with van der Waals surface area (Å²) < 4.78 is 23.9. The van der Waals surface area contributed by atoms with Crippen LogP contribution < -0.4 is 20.7 Å². The number of ether oxygens (including phenoxy) is 2. The molecule has 0 aliphatic carbocycles. The number of rotatable bonds is 12. The topological polar surface area (TPSA) is 254 Å². The van der Waals surface area contributed by atoms with Gasteiger partial charge in [-0.1, -0.05) is 6.07 Å².